The van der Waals surface area contributed by atoms with Crippen molar-refractivity contribution >= 4 is 22.8 Å². The molecule has 0 saturated carbocycles. The highest BCUT2D eigenvalue weighted by atomic mass is 16.2. The van der Waals surface area contributed by atoms with Crippen LogP contribution in [0.15, 0.2) is 30.5 Å². The van der Waals surface area contributed by atoms with Crippen molar-refractivity contribution in [1.29, 1.82) is 0 Å². The van der Waals surface area contributed by atoms with Gasteiger partial charge in [0, 0.05) is 23.6 Å². The summed E-state index contributed by atoms with van der Waals surface area (Å²) < 4.78 is 0. The van der Waals surface area contributed by atoms with Gasteiger partial charge in [-0.15, -0.1) is 0 Å². The summed E-state index contributed by atoms with van der Waals surface area (Å²) in [7, 11) is 0. The van der Waals surface area contributed by atoms with Crippen LogP contribution in [0.4, 0.5) is 4.79 Å². The van der Waals surface area contributed by atoms with Crippen LogP contribution < -0.4 is 21.9 Å². The fraction of sp³-hybridized carbons (Fsp3) is 0.286. The molecule has 3 amide bonds. The summed E-state index contributed by atoms with van der Waals surface area (Å²) in [5, 5.41) is 3.80. The Morgan fingerprint density at radius 3 is 2.81 bits per heavy atom. The van der Waals surface area contributed by atoms with Crippen LogP contribution in [0.25, 0.3) is 10.9 Å². The van der Waals surface area contributed by atoms with Gasteiger partial charge in [0.1, 0.15) is 0 Å². The van der Waals surface area contributed by atoms with Crippen molar-refractivity contribution < 1.29 is 9.59 Å². The summed E-state index contributed by atoms with van der Waals surface area (Å²) in [6, 6.07) is 6.84. The molecule has 112 valence electrons. The number of hydrazine groups is 1. The van der Waals surface area contributed by atoms with Crippen LogP contribution >= 0.6 is 0 Å². The standard InChI is InChI=1S/C14H19N5O2/c1-9(15)13(20)18-19-14(21)16-7-6-10-8-17-12-5-3-2-4-11(10)12/h2-5,8-9,17H,6-7,15H2,1H3,(H,18,20)(H2,16,19,21)/t9-/m0/s1. The second kappa shape index (κ2) is 6.76. The molecule has 7 heteroatoms. The molecule has 1 atom stereocenters. The van der Waals surface area contributed by atoms with E-state index in [4.69, 9.17) is 5.73 Å². The summed E-state index contributed by atoms with van der Waals surface area (Å²) in [5.41, 5.74) is 12.0. The summed E-state index contributed by atoms with van der Waals surface area (Å²) in [4.78, 5) is 25.8. The number of fused-ring (bicyclic) bond motifs is 1. The third kappa shape index (κ3) is 3.96. The van der Waals surface area contributed by atoms with E-state index in [0.29, 0.717) is 13.0 Å². The number of hydrogen-bond acceptors (Lipinski definition) is 3. The van der Waals surface area contributed by atoms with Gasteiger partial charge in [0.25, 0.3) is 5.91 Å². The predicted octanol–water partition coefficient (Wildman–Crippen LogP) is 0.388. The molecule has 1 aromatic heterocycles. The lowest BCUT2D eigenvalue weighted by Gasteiger charge is -2.10. The van der Waals surface area contributed by atoms with E-state index in [1.54, 1.807) is 0 Å². The van der Waals surface area contributed by atoms with Crippen molar-refractivity contribution in [1.82, 2.24) is 21.2 Å². The third-order valence-electron chi connectivity index (χ3n) is 3.07. The van der Waals surface area contributed by atoms with E-state index in [-0.39, 0.29) is 0 Å². The van der Waals surface area contributed by atoms with Gasteiger partial charge in [0.05, 0.1) is 6.04 Å². The van der Waals surface area contributed by atoms with Crippen LogP contribution in [0.3, 0.4) is 0 Å². The molecule has 0 aliphatic heterocycles. The number of hydrogen-bond donors (Lipinski definition) is 5. The minimum Gasteiger partial charge on any atom is -0.361 e. The summed E-state index contributed by atoms with van der Waals surface area (Å²) in [6.07, 6.45) is 2.63. The van der Waals surface area contributed by atoms with E-state index in [1.807, 2.05) is 30.5 Å². The maximum absolute atomic E-state index is 11.5. The number of urea groups is 1. The van der Waals surface area contributed by atoms with Gasteiger partial charge in [-0.25, -0.2) is 10.2 Å². The van der Waals surface area contributed by atoms with E-state index < -0.39 is 18.0 Å². The van der Waals surface area contributed by atoms with Crippen LogP contribution in [0.2, 0.25) is 0 Å². The molecule has 2 aromatic rings. The Morgan fingerprint density at radius 1 is 1.29 bits per heavy atom. The number of nitrogens with two attached hydrogens (primary N) is 1. The van der Waals surface area contributed by atoms with Crippen molar-refractivity contribution in [3.05, 3.63) is 36.0 Å². The second-order valence-electron chi connectivity index (χ2n) is 4.77. The van der Waals surface area contributed by atoms with Crippen LogP contribution in [0.5, 0.6) is 0 Å². The first-order valence-corrected chi connectivity index (χ1v) is 6.72. The number of benzene rings is 1. The number of para-hydroxylation sites is 1. The Kier molecular flexibility index (Phi) is 4.78. The molecule has 7 nitrogen and oxygen atoms in total. The molecule has 0 aliphatic carbocycles. The molecule has 0 bridgehead atoms. The number of aromatic nitrogens is 1. The monoisotopic (exact) mass is 289 g/mol. The molecule has 0 saturated heterocycles. The lowest BCUT2D eigenvalue weighted by atomic mass is 10.1. The first-order valence-electron chi connectivity index (χ1n) is 6.72. The van der Waals surface area contributed by atoms with Crippen LogP contribution in [0, 0.1) is 0 Å². The molecule has 1 aromatic carbocycles. The molecule has 0 radical (unpaired) electrons. The zero-order valence-electron chi connectivity index (χ0n) is 11.8. The Labute approximate surface area is 122 Å². The number of aromatic amines is 1. The van der Waals surface area contributed by atoms with Crippen molar-refractivity contribution in [2.75, 3.05) is 6.54 Å². The number of nitrogens with one attached hydrogen (secondary N) is 4. The van der Waals surface area contributed by atoms with Gasteiger partial charge in [-0.05, 0) is 25.0 Å². The lowest BCUT2D eigenvalue weighted by molar-refractivity contribution is -0.122. The number of H-pyrrole nitrogens is 1. The normalized spacial score (nSPS) is 11.9. The Balaban J connectivity index is 1.76. The van der Waals surface area contributed by atoms with Gasteiger partial charge in [-0.2, -0.15) is 0 Å². The first kappa shape index (κ1) is 14.9. The zero-order chi connectivity index (χ0) is 15.2. The smallest absolute Gasteiger partial charge is 0.333 e. The highest BCUT2D eigenvalue weighted by molar-refractivity contribution is 5.84. The fourth-order valence-electron chi connectivity index (χ4n) is 1.93. The Bertz CT molecular complexity index is 635. The zero-order valence-corrected chi connectivity index (χ0v) is 11.8. The minimum absolute atomic E-state index is 0.443. The van der Waals surface area contributed by atoms with Gasteiger partial charge < -0.3 is 16.0 Å². The number of carbonyl (C=O) groups excluding carboxylic acids is 2. The fourth-order valence-corrected chi connectivity index (χ4v) is 1.93. The topological polar surface area (TPSA) is 112 Å². The van der Waals surface area contributed by atoms with Crippen LogP contribution in [-0.2, 0) is 11.2 Å². The highest BCUT2D eigenvalue weighted by Gasteiger charge is 2.08. The molecule has 6 N–H and O–H groups in total. The van der Waals surface area contributed by atoms with E-state index >= 15 is 0 Å². The van der Waals surface area contributed by atoms with Gasteiger partial charge in [0.15, 0.2) is 0 Å². The molecule has 0 spiro atoms. The minimum atomic E-state index is -0.670. The van der Waals surface area contributed by atoms with E-state index in [1.165, 1.54) is 6.92 Å². The van der Waals surface area contributed by atoms with E-state index in [9.17, 15) is 9.59 Å². The van der Waals surface area contributed by atoms with Gasteiger partial charge in [-0.1, -0.05) is 18.2 Å². The van der Waals surface area contributed by atoms with E-state index in [2.05, 4.69) is 21.2 Å². The molecule has 0 fully saturated rings. The van der Waals surface area contributed by atoms with Crippen LogP contribution in [0.1, 0.15) is 12.5 Å². The molecule has 21 heavy (non-hydrogen) atoms. The number of carbonyl (C=O) groups is 2. The maximum atomic E-state index is 11.5. The van der Waals surface area contributed by atoms with Crippen molar-refractivity contribution in [2.45, 2.75) is 19.4 Å². The largest absolute Gasteiger partial charge is 0.361 e. The van der Waals surface area contributed by atoms with E-state index in [0.717, 1.165) is 16.5 Å². The molecular formula is C14H19N5O2. The Hall–Kier alpha value is -2.54. The molecule has 1 heterocycles. The molecule has 2 rings (SSSR count). The molecule has 0 unspecified atom stereocenters. The second-order valence-corrected chi connectivity index (χ2v) is 4.77. The van der Waals surface area contributed by atoms with Crippen molar-refractivity contribution in [3.63, 3.8) is 0 Å². The first-order chi connectivity index (χ1) is 10.1. The summed E-state index contributed by atoms with van der Waals surface area (Å²) in [6.45, 7) is 1.99. The van der Waals surface area contributed by atoms with Crippen LogP contribution in [-0.4, -0.2) is 29.5 Å². The van der Waals surface area contributed by atoms with Gasteiger partial charge >= 0.3 is 6.03 Å². The average Bonchev–Trinajstić information content (AvgIpc) is 2.88. The third-order valence-corrected chi connectivity index (χ3v) is 3.07. The molecule has 0 aliphatic rings. The maximum Gasteiger partial charge on any atom is 0.333 e. The quantitative estimate of drug-likeness (QED) is 0.525. The highest BCUT2D eigenvalue weighted by Crippen LogP contribution is 2.17. The van der Waals surface area contributed by atoms with Gasteiger partial charge in [0.2, 0.25) is 0 Å². The lowest BCUT2D eigenvalue weighted by Crippen LogP contribution is -2.51. The average molecular weight is 289 g/mol. The predicted molar refractivity (Wildman–Crippen MR) is 80.3 cm³/mol. The molecular weight excluding hydrogens is 270 g/mol. The summed E-state index contributed by atoms with van der Waals surface area (Å²) in [5.74, 6) is -0.443. The number of amides is 3. The summed E-state index contributed by atoms with van der Waals surface area (Å²) >= 11 is 0. The SMILES string of the molecule is C[C@H](N)C(=O)NNC(=O)NCCc1c[nH]c2ccccc12. The van der Waals surface area contributed by atoms with Crippen molar-refractivity contribution in [2.24, 2.45) is 5.73 Å². The van der Waals surface area contributed by atoms with Gasteiger partial charge in [-0.3, -0.25) is 10.2 Å². The Morgan fingerprint density at radius 2 is 2.05 bits per heavy atom. The van der Waals surface area contributed by atoms with Crippen molar-refractivity contribution in [3.8, 4) is 0 Å². The number of rotatable bonds is 4.